The number of aryl methyl sites for hydroxylation is 2. The summed E-state index contributed by atoms with van der Waals surface area (Å²) in [4.78, 5) is 13.2. The Balaban J connectivity index is 1.81. The molecule has 4 rings (SSSR count). The molecule has 0 unspecified atom stereocenters. The summed E-state index contributed by atoms with van der Waals surface area (Å²) < 4.78 is 19.9. The Morgan fingerprint density at radius 3 is 1.79 bits per heavy atom. The predicted octanol–water partition coefficient (Wildman–Crippen LogP) is 5.54. The van der Waals surface area contributed by atoms with Crippen LogP contribution in [0.5, 0.6) is 0 Å². The van der Waals surface area contributed by atoms with Crippen LogP contribution in [0.4, 0.5) is 0 Å². The number of fused-ring (bicyclic) bond motifs is 1. The average Bonchev–Trinajstić information content (AvgIpc) is 2.74. The molecule has 29 heavy (non-hydrogen) atoms. The highest BCUT2D eigenvalue weighted by Gasteiger charge is 2.33. The third-order valence-corrected chi connectivity index (χ3v) is 7.35. The van der Waals surface area contributed by atoms with Crippen LogP contribution >= 0.6 is 7.37 Å². The van der Waals surface area contributed by atoms with E-state index in [0.717, 1.165) is 21.9 Å². The lowest BCUT2D eigenvalue weighted by atomic mass is 10.1. The number of carbonyl (C=O) groups excluding carboxylic acids is 1. The Hall–Kier alpha value is -3.16. The molecule has 0 atom stereocenters. The molecule has 0 aliphatic carbocycles. The van der Waals surface area contributed by atoms with Gasteiger partial charge in [0.15, 0.2) is 0 Å². The summed E-state index contributed by atoms with van der Waals surface area (Å²) in [5.41, 5.74) is 2.50. The third kappa shape index (κ3) is 3.74. The van der Waals surface area contributed by atoms with Gasteiger partial charge in [0.1, 0.15) is 0 Å². The summed E-state index contributed by atoms with van der Waals surface area (Å²) in [6.45, 7) is 3.92. The Labute approximate surface area is 170 Å². The Morgan fingerprint density at radius 2 is 1.21 bits per heavy atom. The van der Waals surface area contributed by atoms with E-state index in [1.54, 1.807) is 30.3 Å². The van der Waals surface area contributed by atoms with Crippen LogP contribution in [0, 0.1) is 13.8 Å². The fraction of sp³-hybridized carbons (Fsp3) is 0.0800. The van der Waals surface area contributed by atoms with E-state index in [4.69, 9.17) is 4.52 Å². The summed E-state index contributed by atoms with van der Waals surface area (Å²) in [5.74, 6) is -0.591. The summed E-state index contributed by atoms with van der Waals surface area (Å²) in [5, 5.41) is 2.71. The fourth-order valence-corrected chi connectivity index (χ4v) is 5.23. The molecule has 0 N–H and O–H groups in total. The zero-order valence-corrected chi connectivity index (χ0v) is 17.2. The lowest BCUT2D eigenvalue weighted by Crippen LogP contribution is -2.21. The highest BCUT2D eigenvalue weighted by molar-refractivity contribution is 7.74. The van der Waals surface area contributed by atoms with Gasteiger partial charge in [-0.3, -0.25) is 4.57 Å². The molecular weight excluding hydrogens is 379 g/mol. The number of hydrogen-bond acceptors (Lipinski definition) is 3. The lowest BCUT2D eigenvalue weighted by Gasteiger charge is -2.20. The smallest absolute Gasteiger partial charge is 0.344 e. The second kappa shape index (κ2) is 7.69. The zero-order chi connectivity index (χ0) is 20.4. The Bertz CT molecular complexity index is 1170. The molecule has 0 saturated heterocycles. The van der Waals surface area contributed by atoms with Crippen molar-refractivity contribution in [3.63, 3.8) is 0 Å². The molecule has 0 amide bonds. The first-order valence-electron chi connectivity index (χ1n) is 9.43. The van der Waals surface area contributed by atoms with E-state index in [0.29, 0.717) is 16.2 Å². The Morgan fingerprint density at radius 1 is 0.690 bits per heavy atom. The second-order valence-corrected chi connectivity index (χ2v) is 9.45. The standard InChI is InChI=1S/C25H21O3P/c1-18-10-14-21(15-11-18)29(27,22-16-12-19(2)13-17-22)28-25(26)24-9-5-7-20-6-3-4-8-23(20)24/h3-17H,1-2H3. The van der Waals surface area contributed by atoms with E-state index in [1.165, 1.54) is 0 Å². The topological polar surface area (TPSA) is 43.4 Å². The third-order valence-electron chi connectivity index (χ3n) is 4.97. The maximum absolute atomic E-state index is 14.1. The molecule has 0 aliphatic rings. The molecule has 0 bridgehead atoms. The van der Waals surface area contributed by atoms with Crippen LogP contribution in [-0.4, -0.2) is 5.97 Å². The molecule has 4 aromatic carbocycles. The van der Waals surface area contributed by atoms with Crippen LogP contribution in [0.25, 0.3) is 10.8 Å². The van der Waals surface area contributed by atoms with Gasteiger partial charge in [0.05, 0.1) is 16.2 Å². The predicted molar refractivity (Wildman–Crippen MR) is 119 cm³/mol. The van der Waals surface area contributed by atoms with Gasteiger partial charge >= 0.3 is 13.3 Å². The van der Waals surface area contributed by atoms with Gasteiger partial charge < -0.3 is 4.52 Å². The second-order valence-electron chi connectivity index (χ2n) is 7.13. The van der Waals surface area contributed by atoms with Gasteiger partial charge in [0, 0.05) is 0 Å². The summed E-state index contributed by atoms with van der Waals surface area (Å²) in [6.07, 6.45) is 0. The van der Waals surface area contributed by atoms with E-state index in [1.807, 2.05) is 74.5 Å². The zero-order valence-electron chi connectivity index (χ0n) is 16.3. The van der Waals surface area contributed by atoms with Crippen LogP contribution in [0.3, 0.4) is 0 Å². The summed E-state index contributed by atoms with van der Waals surface area (Å²) in [6, 6.07) is 27.6. The molecule has 3 nitrogen and oxygen atoms in total. The van der Waals surface area contributed by atoms with Gasteiger partial charge in [0.2, 0.25) is 0 Å². The van der Waals surface area contributed by atoms with Crippen molar-refractivity contribution in [2.24, 2.45) is 0 Å². The van der Waals surface area contributed by atoms with Crippen LogP contribution in [0.1, 0.15) is 21.5 Å². The SMILES string of the molecule is Cc1ccc(P(=O)(OC(=O)c2cccc3ccccc23)c2ccc(C)cc2)cc1. The van der Waals surface area contributed by atoms with Crippen molar-refractivity contribution in [2.75, 3.05) is 0 Å². The van der Waals surface area contributed by atoms with Crippen molar-refractivity contribution < 1.29 is 13.9 Å². The molecule has 0 fully saturated rings. The lowest BCUT2D eigenvalue weighted by molar-refractivity contribution is 0.0749. The van der Waals surface area contributed by atoms with Gasteiger partial charge in [0.25, 0.3) is 0 Å². The van der Waals surface area contributed by atoms with E-state index >= 15 is 0 Å². The molecule has 0 aromatic heterocycles. The number of carbonyl (C=O) groups is 1. The highest BCUT2D eigenvalue weighted by atomic mass is 31.2. The molecule has 4 heteroatoms. The van der Waals surface area contributed by atoms with Crippen LogP contribution in [-0.2, 0) is 9.09 Å². The first-order chi connectivity index (χ1) is 14.0. The molecular formula is C25H21O3P. The molecule has 0 spiro atoms. The number of benzene rings is 4. The van der Waals surface area contributed by atoms with Crippen LogP contribution < -0.4 is 10.6 Å². The van der Waals surface area contributed by atoms with Crippen LogP contribution in [0.2, 0.25) is 0 Å². The maximum Gasteiger partial charge on any atom is 0.344 e. The van der Waals surface area contributed by atoms with Crippen molar-refractivity contribution in [2.45, 2.75) is 13.8 Å². The van der Waals surface area contributed by atoms with Gasteiger partial charge in [-0.1, -0.05) is 71.8 Å². The molecule has 0 aliphatic heterocycles. The van der Waals surface area contributed by atoms with Gasteiger partial charge in [-0.2, -0.15) is 0 Å². The maximum atomic E-state index is 14.1. The summed E-state index contributed by atoms with van der Waals surface area (Å²) in [7, 11) is -3.61. The van der Waals surface area contributed by atoms with Crippen molar-refractivity contribution in [1.82, 2.24) is 0 Å². The minimum absolute atomic E-state index is 0.405. The minimum atomic E-state index is -3.61. The first-order valence-corrected chi connectivity index (χ1v) is 11.1. The van der Waals surface area contributed by atoms with Crippen molar-refractivity contribution in [3.05, 3.63) is 108 Å². The monoisotopic (exact) mass is 400 g/mol. The molecule has 0 heterocycles. The molecule has 4 aromatic rings. The van der Waals surface area contributed by atoms with Crippen molar-refractivity contribution in [3.8, 4) is 0 Å². The molecule has 144 valence electrons. The fourth-order valence-electron chi connectivity index (χ4n) is 3.31. The van der Waals surface area contributed by atoms with Gasteiger partial charge in [-0.25, -0.2) is 4.79 Å². The minimum Gasteiger partial charge on any atom is -0.401 e. The highest BCUT2D eigenvalue weighted by Crippen LogP contribution is 2.46. The molecule has 0 saturated carbocycles. The summed E-state index contributed by atoms with van der Waals surface area (Å²) >= 11 is 0. The number of hydrogen-bond donors (Lipinski definition) is 0. The average molecular weight is 400 g/mol. The largest absolute Gasteiger partial charge is 0.401 e. The van der Waals surface area contributed by atoms with Crippen molar-refractivity contribution in [1.29, 1.82) is 0 Å². The van der Waals surface area contributed by atoms with Crippen molar-refractivity contribution >= 4 is 34.7 Å². The quantitative estimate of drug-likeness (QED) is 0.422. The van der Waals surface area contributed by atoms with Gasteiger partial charge in [-0.15, -0.1) is 0 Å². The van der Waals surface area contributed by atoms with E-state index in [-0.39, 0.29) is 0 Å². The molecule has 0 radical (unpaired) electrons. The van der Waals surface area contributed by atoms with E-state index < -0.39 is 13.3 Å². The van der Waals surface area contributed by atoms with E-state index in [2.05, 4.69) is 0 Å². The normalized spacial score (nSPS) is 11.4. The Kier molecular flexibility index (Phi) is 5.08. The van der Waals surface area contributed by atoms with Crippen LogP contribution in [0.15, 0.2) is 91.0 Å². The van der Waals surface area contributed by atoms with Gasteiger partial charge in [-0.05, 0) is 55.0 Å². The first kappa shape index (κ1) is 19.2. The number of rotatable bonds is 4. The van der Waals surface area contributed by atoms with E-state index in [9.17, 15) is 9.36 Å².